The highest BCUT2D eigenvalue weighted by Gasteiger charge is 2.36. The van der Waals surface area contributed by atoms with E-state index in [1.54, 1.807) is 6.92 Å². The van der Waals surface area contributed by atoms with Gasteiger partial charge in [0.25, 0.3) is 0 Å². The van der Waals surface area contributed by atoms with Crippen LogP contribution in [-0.4, -0.2) is 65.2 Å². The Hall–Kier alpha value is -1.97. The molecule has 1 unspecified atom stereocenters. The van der Waals surface area contributed by atoms with E-state index in [9.17, 15) is 4.79 Å². The zero-order valence-corrected chi connectivity index (χ0v) is 25.7. The first kappa shape index (κ1) is 27.6. The maximum atomic E-state index is 11.7. The number of benzene rings is 2. The predicted molar refractivity (Wildman–Crippen MR) is 167 cm³/mol. The number of fused-ring (bicyclic) bond motifs is 1. The molecule has 1 amide bonds. The predicted octanol–water partition coefficient (Wildman–Crippen LogP) is 6.86. The molecule has 202 valence electrons. The highest BCUT2D eigenvalue weighted by Crippen LogP contribution is 2.39. The van der Waals surface area contributed by atoms with Crippen molar-refractivity contribution in [2.45, 2.75) is 52.1 Å². The Morgan fingerprint density at radius 2 is 1.76 bits per heavy atom. The van der Waals surface area contributed by atoms with Crippen molar-refractivity contribution in [3.63, 3.8) is 0 Å². The van der Waals surface area contributed by atoms with Crippen LogP contribution in [0.25, 0.3) is 10.1 Å². The van der Waals surface area contributed by atoms with Gasteiger partial charge in [0.05, 0.1) is 11.9 Å². The maximum absolute atomic E-state index is 11.7. The molecule has 1 N–H and O–H groups in total. The zero-order valence-electron chi connectivity index (χ0n) is 22.7. The average Bonchev–Trinajstić information content (AvgIpc) is 3.33. The Bertz CT molecular complexity index is 1230. The van der Waals surface area contributed by atoms with Crippen molar-refractivity contribution in [2.24, 2.45) is 11.8 Å². The lowest BCUT2D eigenvalue weighted by Crippen LogP contribution is -2.57. The number of piperazine rings is 1. The van der Waals surface area contributed by atoms with E-state index in [4.69, 9.17) is 5.41 Å². The molecule has 1 aromatic heterocycles. The number of likely N-dealkylation sites (tertiary alicyclic amines) is 1. The Labute approximate surface area is 244 Å². The summed E-state index contributed by atoms with van der Waals surface area (Å²) < 4.78 is 2.60. The van der Waals surface area contributed by atoms with Crippen molar-refractivity contribution in [1.29, 1.82) is 5.41 Å². The van der Waals surface area contributed by atoms with Crippen LogP contribution in [0.1, 0.15) is 56.5 Å². The summed E-state index contributed by atoms with van der Waals surface area (Å²) in [5.41, 5.74) is 1.35. The summed E-state index contributed by atoms with van der Waals surface area (Å²) in [6.45, 7) is 10.7. The number of rotatable bonds is 6. The van der Waals surface area contributed by atoms with Crippen molar-refractivity contribution in [1.82, 2.24) is 14.7 Å². The normalized spacial score (nSPS) is 20.3. The summed E-state index contributed by atoms with van der Waals surface area (Å²) in [5, 5.41) is 10.4. The summed E-state index contributed by atoms with van der Waals surface area (Å²) in [4.78, 5) is 20.1. The molecule has 0 bridgehead atoms. The molecular weight excluding hydrogens is 603 g/mol. The van der Waals surface area contributed by atoms with Crippen LogP contribution in [0.15, 0.2) is 54.6 Å². The molecule has 2 saturated heterocycles. The average molecular weight is 643 g/mol. The second-order valence-electron chi connectivity index (χ2n) is 11.2. The Morgan fingerprint density at radius 3 is 2.42 bits per heavy atom. The largest absolute Gasteiger partial charge is 0.355 e. The number of carbonyl (C=O) groups is 1. The number of carbonyl (C=O) groups excluding carboxylic acids is 1. The molecule has 2 atom stereocenters. The fourth-order valence-electron chi connectivity index (χ4n) is 6.15. The van der Waals surface area contributed by atoms with Gasteiger partial charge in [-0.05, 0) is 82.5 Å². The molecule has 2 aliphatic heterocycles. The van der Waals surface area contributed by atoms with E-state index in [-0.39, 0.29) is 11.9 Å². The van der Waals surface area contributed by atoms with Crippen LogP contribution in [0.3, 0.4) is 0 Å². The first-order valence-corrected chi connectivity index (χ1v) is 15.8. The third kappa shape index (κ3) is 6.10. The van der Waals surface area contributed by atoms with Gasteiger partial charge < -0.3 is 9.80 Å². The molecule has 5 rings (SSSR count). The van der Waals surface area contributed by atoms with Gasteiger partial charge in [-0.1, -0.05) is 44.2 Å². The topological polar surface area (TPSA) is 50.6 Å². The van der Waals surface area contributed by atoms with Crippen molar-refractivity contribution >= 4 is 55.8 Å². The van der Waals surface area contributed by atoms with E-state index in [1.165, 1.54) is 24.1 Å². The highest BCUT2D eigenvalue weighted by molar-refractivity contribution is 14.1. The molecule has 5 nitrogen and oxygen atoms in total. The molecular formula is C31H39IN4OS. The molecule has 2 aromatic carbocycles. The number of amidine groups is 1. The standard InChI is InChI=1S/C31H39IN4OS/c1-21(2)27-20-35(16-17-36(27)30(33)18-23-12-14-34(15-13-23)22(3)37)31(24-8-10-26(32)11-9-24)29-19-25-6-4-5-7-28(25)38-29/h4-11,19,21,23,27,31,33H,12-18,20H2,1-3H3/t27-,31?/m1/s1. The maximum Gasteiger partial charge on any atom is 0.219 e. The first-order chi connectivity index (χ1) is 18.3. The van der Waals surface area contributed by atoms with Gasteiger partial charge in [0.1, 0.15) is 0 Å². The van der Waals surface area contributed by atoms with Gasteiger partial charge in [-0.3, -0.25) is 15.1 Å². The van der Waals surface area contributed by atoms with Crippen molar-refractivity contribution in [3.05, 3.63) is 68.6 Å². The summed E-state index contributed by atoms with van der Waals surface area (Å²) >= 11 is 4.30. The van der Waals surface area contributed by atoms with Crippen LogP contribution in [0.4, 0.5) is 0 Å². The molecule has 3 heterocycles. The lowest BCUT2D eigenvalue weighted by Gasteiger charge is -2.47. The molecule has 2 aliphatic rings. The fourth-order valence-corrected chi connectivity index (χ4v) is 7.74. The van der Waals surface area contributed by atoms with Gasteiger partial charge in [0.2, 0.25) is 5.91 Å². The van der Waals surface area contributed by atoms with E-state index in [1.807, 2.05) is 16.2 Å². The molecule has 2 fully saturated rings. The smallest absolute Gasteiger partial charge is 0.219 e. The van der Waals surface area contributed by atoms with Gasteiger partial charge in [-0.2, -0.15) is 0 Å². The Kier molecular flexibility index (Phi) is 8.75. The van der Waals surface area contributed by atoms with Crippen LogP contribution < -0.4 is 0 Å². The molecule has 3 aromatic rings. The molecule has 0 saturated carbocycles. The first-order valence-electron chi connectivity index (χ1n) is 13.9. The van der Waals surface area contributed by atoms with Gasteiger partial charge >= 0.3 is 0 Å². The van der Waals surface area contributed by atoms with E-state index in [0.717, 1.165) is 57.8 Å². The number of thiophene rings is 1. The van der Waals surface area contributed by atoms with Crippen molar-refractivity contribution in [3.8, 4) is 0 Å². The van der Waals surface area contributed by atoms with Gasteiger partial charge in [-0.15, -0.1) is 11.3 Å². The second-order valence-corrected chi connectivity index (χ2v) is 13.6. The summed E-state index contributed by atoms with van der Waals surface area (Å²) in [5.74, 6) is 1.92. The third-order valence-electron chi connectivity index (χ3n) is 8.37. The summed E-state index contributed by atoms with van der Waals surface area (Å²) in [7, 11) is 0. The van der Waals surface area contributed by atoms with Crippen LogP contribution in [0.5, 0.6) is 0 Å². The number of hydrogen-bond donors (Lipinski definition) is 1. The number of amides is 1. The summed E-state index contributed by atoms with van der Waals surface area (Å²) in [6, 6.07) is 20.7. The van der Waals surface area contributed by atoms with Crippen LogP contribution in [0.2, 0.25) is 0 Å². The number of piperidine rings is 1. The van der Waals surface area contributed by atoms with Crippen molar-refractivity contribution in [2.75, 3.05) is 32.7 Å². The quantitative estimate of drug-likeness (QED) is 0.182. The Balaban J connectivity index is 1.35. The van der Waals surface area contributed by atoms with E-state index in [2.05, 4.69) is 101 Å². The zero-order chi connectivity index (χ0) is 26.8. The van der Waals surface area contributed by atoms with Gasteiger partial charge in [0.15, 0.2) is 0 Å². The SMILES string of the molecule is CC(=O)N1CCC(CC(=N)N2CCN(C(c3ccc(I)cc3)c3cc4ccccc4s3)C[C@@H]2C(C)C)CC1. The van der Waals surface area contributed by atoms with E-state index >= 15 is 0 Å². The van der Waals surface area contributed by atoms with Gasteiger partial charge in [0, 0.05) is 65.3 Å². The second kappa shape index (κ2) is 12.0. The lowest BCUT2D eigenvalue weighted by molar-refractivity contribution is -0.130. The minimum atomic E-state index is 0.177. The van der Waals surface area contributed by atoms with E-state index in [0.29, 0.717) is 17.9 Å². The number of nitrogens with one attached hydrogen (secondary N) is 1. The van der Waals surface area contributed by atoms with Crippen LogP contribution in [-0.2, 0) is 4.79 Å². The molecule has 0 aliphatic carbocycles. The van der Waals surface area contributed by atoms with Crippen molar-refractivity contribution < 1.29 is 4.79 Å². The number of nitrogens with zero attached hydrogens (tertiary/aromatic N) is 3. The Morgan fingerprint density at radius 1 is 1.05 bits per heavy atom. The van der Waals surface area contributed by atoms with Crippen LogP contribution in [0, 0.1) is 20.8 Å². The minimum Gasteiger partial charge on any atom is -0.355 e. The highest BCUT2D eigenvalue weighted by atomic mass is 127. The van der Waals surface area contributed by atoms with E-state index < -0.39 is 0 Å². The minimum absolute atomic E-state index is 0.177. The molecule has 0 spiro atoms. The molecule has 38 heavy (non-hydrogen) atoms. The van der Waals surface area contributed by atoms with Crippen LogP contribution >= 0.6 is 33.9 Å². The lowest BCUT2D eigenvalue weighted by atomic mass is 9.91. The fraction of sp³-hybridized carbons (Fsp3) is 0.484. The monoisotopic (exact) mass is 642 g/mol. The molecule has 7 heteroatoms. The number of halogens is 1. The third-order valence-corrected chi connectivity index (χ3v) is 10.3. The van der Waals surface area contributed by atoms with Gasteiger partial charge in [-0.25, -0.2) is 0 Å². The summed E-state index contributed by atoms with van der Waals surface area (Å²) in [6.07, 6.45) is 2.84. The number of hydrogen-bond acceptors (Lipinski definition) is 4. The molecule has 0 radical (unpaired) electrons.